The van der Waals surface area contributed by atoms with E-state index in [9.17, 15) is 31.8 Å². The largest absolute Gasteiger partial charge is 0.478 e. The number of carboxylic acid groups (broad SMARTS) is 1. The van der Waals surface area contributed by atoms with Crippen LogP contribution in [0.4, 0.5) is 5.69 Å². The highest BCUT2D eigenvalue weighted by molar-refractivity contribution is 7.93. The fourth-order valence-electron chi connectivity index (χ4n) is 3.06. The van der Waals surface area contributed by atoms with Gasteiger partial charge in [0.15, 0.2) is 9.84 Å². The predicted octanol–water partition coefficient (Wildman–Crippen LogP) is 1.39. The summed E-state index contributed by atoms with van der Waals surface area (Å²) < 4.78 is 51.6. The van der Waals surface area contributed by atoms with Gasteiger partial charge in [-0.25, -0.2) is 21.6 Å². The highest BCUT2D eigenvalue weighted by atomic mass is 35.5. The van der Waals surface area contributed by atoms with E-state index in [0.29, 0.717) is 0 Å². The number of hydrogen-bond donors (Lipinski definition) is 2. The van der Waals surface area contributed by atoms with E-state index < -0.39 is 54.4 Å². The van der Waals surface area contributed by atoms with Crippen molar-refractivity contribution in [3.8, 4) is 0 Å². The molecule has 0 radical (unpaired) electrons. The minimum Gasteiger partial charge on any atom is -0.478 e. The van der Waals surface area contributed by atoms with Crippen LogP contribution in [0.25, 0.3) is 0 Å². The lowest BCUT2D eigenvalue weighted by Gasteiger charge is -2.31. The van der Waals surface area contributed by atoms with Gasteiger partial charge >= 0.3 is 5.97 Å². The van der Waals surface area contributed by atoms with Crippen LogP contribution < -0.4 is 4.31 Å². The fourth-order valence-corrected chi connectivity index (χ4v) is 7.11. The number of para-hydroxylation sites is 1. The van der Waals surface area contributed by atoms with Gasteiger partial charge in [0, 0.05) is 0 Å². The van der Waals surface area contributed by atoms with Crippen molar-refractivity contribution in [2.75, 3.05) is 15.8 Å². The lowest BCUT2D eigenvalue weighted by atomic mass is 10.2. The quantitative estimate of drug-likeness (QED) is 0.711. The molecule has 0 aliphatic carbocycles. The van der Waals surface area contributed by atoms with E-state index in [1.54, 1.807) is 18.2 Å². The summed E-state index contributed by atoms with van der Waals surface area (Å²) in [6.45, 7) is 0. The molecule has 1 saturated heterocycles. The summed E-state index contributed by atoms with van der Waals surface area (Å²) in [5, 5.41) is 19.2. The van der Waals surface area contributed by atoms with E-state index >= 15 is 0 Å². The summed E-state index contributed by atoms with van der Waals surface area (Å²) in [7, 11) is -8.15. The predicted molar refractivity (Wildman–Crippen MR) is 103 cm³/mol. The van der Waals surface area contributed by atoms with E-state index in [4.69, 9.17) is 11.6 Å². The fraction of sp³-hybridized carbons (Fsp3) is 0.235. The van der Waals surface area contributed by atoms with Crippen LogP contribution in [0.2, 0.25) is 5.02 Å². The number of halogens is 1. The normalized spacial score (nSPS) is 21.4. The number of sulfonamides is 1. The third-order valence-corrected chi connectivity index (χ3v) is 8.35. The first-order valence-electron chi connectivity index (χ1n) is 8.04. The highest BCUT2D eigenvalue weighted by Crippen LogP contribution is 2.34. The number of carboxylic acids is 1. The van der Waals surface area contributed by atoms with Crippen LogP contribution in [0.15, 0.2) is 53.4 Å². The van der Waals surface area contributed by atoms with Crippen molar-refractivity contribution in [2.24, 2.45) is 0 Å². The molecule has 3 rings (SSSR count). The molecule has 1 fully saturated rings. The van der Waals surface area contributed by atoms with Gasteiger partial charge in [0.05, 0.1) is 39.9 Å². The molecule has 0 amide bonds. The zero-order valence-electron chi connectivity index (χ0n) is 14.3. The molecule has 1 heterocycles. The van der Waals surface area contributed by atoms with E-state index in [2.05, 4.69) is 0 Å². The number of aliphatic hydroxyl groups is 1. The number of aliphatic hydroxyl groups excluding tert-OH is 1. The summed E-state index contributed by atoms with van der Waals surface area (Å²) in [4.78, 5) is 10.8. The van der Waals surface area contributed by atoms with Crippen LogP contribution in [0.5, 0.6) is 0 Å². The molecule has 0 saturated carbocycles. The Morgan fingerprint density at radius 1 is 1.11 bits per heavy atom. The van der Waals surface area contributed by atoms with E-state index in [1.807, 2.05) is 0 Å². The number of hydrogen-bond acceptors (Lipinski definition) is 6. The molecule has 2 aromatic carbocycles. The third kappa shape index (κ3) is 3.86. The minimum absolute atomic E-state index is 0.125. The number of sulfone groups is 1. The Hall–Kier alpha value is -2.14. The van der Waals surface area contributed by atoms with Crippen LogP contribution in [0.3, 0.4) is 0 Å². The van der Waals surface area contributed by atoms with Gasteiger partial charge in [-0.3, -0.25) is 4.31 Å². The monoisotopic (exact) mass is 445 g/mol. The standard InChI is InChI=1S/C17H16ClNO7S2/c18-13-7-6-11(17(21)22)8-16(13)28(25,26)19(12-4-2-1-3-5-12)14-9-27(23,24)10-15(14)20/h1-8,14-15,20H,9-10H2,(H,21,22)/t14-,15+/m1/s1. The minimum atomic E-state index is -4.49. The van der Waals surface area contributed by atoms with Crippen LogP contribution in [0.1, 0.15) is 10.4 Å². The van der Waals surface area contributed by atoms with Gasteiger partial charge in [-0.1, -0.05) is 29.8 Å². The Kier molecular flexibility index (Phi) is 5.41. The molecule has 1 aliphatic rings. The zero-order valence-corrected chi connectivity index (χ0v) is 16.7. The van der Waals surface area contributed by atoms with Crippen LogP contribution >= 0.6 is 11.6 Å². The van der Waals surface area contributed by atoms with Crippen LogP contribution in [-0.2, 0) is 19.9 Å². The molecule has 0 spiro atoms. The number of nitrogens with zero attached hydrogens (tertiary/aromatic N) is 1. The first-order chi connectivity index (χ1) is 13.0. The number of anilines is 1. The van der Waals surface area contributed by atoms with Crippen molar-refractivity contribution in [1.29, 1.82) is 0 Å². The van der Waals surface area contributed by atoms with Gasteiger partial charge < -0.3 is 10.2 Å². The Morgan fingerprint density at radius 3 is 2.29 bits per heavy atom. The highest BCUT2D eigenvalue weighted by Gasteiger charge is 2.45. The maximum atomic E-state index is 13.4. The number of benzene rings is 2. The molecule has 0 unspecified atom stereocenters. The smallest absolute Gasteiger partial charge is 0.335 e. The first-order valence-corrected chi connectivity index (χ1v) is 11.7. The van der Waals surface area contributed by atoms with Crippen molar-refractivity contribution < 1.29 is 31.8 Å². The van der Waals surface area contributed by atoms with Crippen molar-refractivity contribution >= 4 is 43.1 Å². The van der Waals surface area contributed by atoms with Gasteiger partial charge in [0.25, 0.3) is 10.0 Å². The third-order valence-electron chi connectivity index (χ3n) is 4.32. The van der Waals surface area contributed by atoms with Gasteiger partial charge in [-0.2, -0.15) is 0 Å². The average Bonchev–Trinajstić information content (AvgIpc) is 2.88. The summed E-state index contributed by atoms with van der Waals surface area (Å²) >= 11 is 6.04. The molecule has 2 aromatic rings. The molecule has 0 aromatic heterocycles. The Balaban J connectivity index is 2.21. The van der Waals surface area contributed by atoms with Gasteiger partial charge in [0.1, 0.15) is 4.90 Å². The van der Waals surface area contributed by atoms with E-state index in [1.165, 1.54) is 12.1 Å². The molecule has 1 aliphatic heterocycles. The summed E-state index contributed by atoms with van der Waals surface area (Å²) in [6, 6.07) is 9.59. The van der Waals surface area contributed by atoms with Gasteiger partial charge in [0.2, 0.25) is 0 Å². The molecular weight excluding hydrogens is 430 g/mol. The molecule has 0 bridgehead atoms. The number of aromatic carboxylic acids is 1. The first kappa shape index (κ1) is 20.6. The van der Waals surface area contributed by atoms with Crippen molar-refractivity contribution in [1.82, 2.24) is 0 Å². The number of carbonyl (C=O) groups is 1. The molecule has 28 heavy (non-hydrogen) atoms. The maximum Gasteiger partial charge on any atom is 0.335 e. The lowest BCUT2D eigenvalue weighted by Crippen LogP contribution is -2.47. The summed E-state index contributed by atoms with van der Waals surface area (Å²) in [5.41, 5.74) is -0.170. The van der Waals surface area contributed by atoms with Crippen LogP contribution in [-0.4, -0.2) is 56.7 Å². The number of rotatable bonds is 5. The lowest BCUT2D eigenvalue weighted by molar-refractivity contribution is 0.0696. The second-order valence-electron chi connectivity index (χ2n) is 6.30. The zero-order chi connectivity index (χ0) is 20.7. The Labute approximate surface area is 167 Å². The van der Waals surface area contributed by atoms with Crippen molar-refractivity contribution in [3.05, 3.63) is 59.1 Å². The molecular formula is C17H16ClNO7S2. The van der Waals surface area contributed by atoms with Gasteiger partial charge in [-0.05, 0) is 30.3 Å². The second kappa shape index (κ2) is 7.36. The van der Waals surface area contributed by atoms with Crippen molar-refractivity contribution in [2.45, 2.75) is 17.0 Å². The Bertz CT molecular complexity index is 1120. The molecule has 8 nitrogen and oxygen atoms in total. The van der Waals surface area contributed by atoms with E-state index in [-0.39, 0.29) is 16.3 Å². The second-order valence-corrected chi connectivity index (χ2v) is 10.6. The molecule has 2 atom stereocenters. The van der Waals surface area contributed by atoms with Gasteiger partial charge in [-0.15, -0.1) is 0 Å². The molecule has 11 heteroatoms. The maximum absolute atomic E-state index is 13.4. The average molecular weight is 446 g/mol. The molecule has 150 valence electrons. The topological polar surface area (TPSA) is 129 Å². The van der Waals surface area contributed by atoms with E-state index in [0.717, 1.165) is 22.5 Å². The Morgan fingerprint density at radius 2 is 1.75 bits per heavy atom. The summed E-state index contributed by atoms with van der Waals surface area (Å²) in [6.07, 6.45) is -1.44. The van der Waals surface area contributed by atoms with Crippen LogP contribution in [0, 0.1) is 0 Å². The summed E-state index contributed by atoms with van der Waals surface area (Å²) in [5.74, 6) is -2.49. The van der Waals surface area contributed by atoms with Crippen molar-refractivity contribution in [3.63, 3.8) is 0 Å². The molecule has 2 N–H and O–H groups in total. The SMILES string of the molecule is O=C(O)c1ccc(Cl)c(S(=O)(=O)N(c2ccccc2)[C@@H]2CS(=O)(=O)C[C@@H]2O)c1.